The lowest BCUT2D eigenvalue weighted by Gasteiger charge is -1.65. The fraction of sp³-hybridized carbons (Fsp3) is 0.500. The molecule has 32 valence electrons. The molecule has 0 aromatic carbocycles. The van der Waals surface area contributed by atoms with Gasteiger partial charge in [0.2, 0.25) is 0 Å². The van der Waals surface area contributed by atoms with Crippen LogP contribution in [0.25, 0.3) is 0 Å². The van der Waals surface area contributed by atoms with Gasteiger partial charge in [0, 0.05) is 5.75 Å². The van der Waals surface area contributed by atoms with Crippen molar-refractivity contribution in [2.24, 2.45) is 0 Å². The van der Waals surface area contributed by atoms with E-state index in [2.05, 4.69) is 17.3 Å². The Balaban J connectivity index is 2.05. The highest BCUT2D eigenvalue weighted by Crippen LogP contribution is 1.85. The maximum atomic E-state index is 4.00. The standard InChI is InChI=1S/C4H5NS/c6-2-1-4-3-5-4/h3H,1-2H2/p+1. The first-order chi connectivity index (χ1) is 2.93. The summed E-state index contributed by atoms with van der Waals surface area (Å²) < 4.78 is 3.83. The third kappa shape index (κ3) is 0.886. The summed E-state index contributed by atoms with van der Waals surface area (Å²) in [7, 11) is 0. The van der Waals surface area contributed by atoms with Crippen molar-refractivity contribution in [3.05, 3.63) is 0 Å². The molecule has 1 nitrogen and oxygen atoms in total. The van der Waals surface area contributed by atoms with Gasteiger partial charge in [0.25, 0.3) is 0 Å². The Morgan fingerprint density at radius 2 is 2.50 bits per heavy atom. The molecule has 0 aromatic rings. The molecule has 0 N–H and O–H groups in total. The SMILES string of the molecule is SCCC1=[N+]=C1. The number of hydrogen-bond acceptors (Lipinski definition) is 1. The zero-order chi connectivity index (χ0) is 4.41. The molecule has 0 radical (unpaired) electrons. The van der Waals surface area contributed by atoms with Gasteiger partial charge in [-0.3, -0.25) is 0 Å². The predicted molar refractivity (Wildman–Crippen MR) is 31.7 cm³/mol. The van der Waals surface area contributed by atoms with Gasteiger partial charge < -0.3 is 0 Å². The van der Waals surface area contributed by atoms with Crippen molar-refractivity contribution in [3.63, 3.8) is 0 Å². The van der Waals surface area contributed by atoms with Gasteiger partial charge in [-0.2, -0.15) is 12.6 Å². The maximum absolute atomic E-state index is 4.00. The van der Waals surface area contributed by atoms with Crippen LogP contribution in [0.2, 0.25) is 0 Å². The number of rotatable bonds is 2. The Morgan fingerprint density at radius 1 is 1.83 bits per heavy atom. The third-order valence-electron chi connectivity index (χ3n) is 0.680. The first-order valence-electron chi connectivity index (χ1n) is 1.94. The lowest BCUT2D eigenvalue weighted by molar-refractivity contribution is 1.36. The molecule has 0 aromatic heterocycles. The van der Waals surface area contributed by atoms with Crippen molar-refractivity contribution in [1.29, 1.82) is 0 Å². The van der Waals surface area contributed by atoms with Crippen LogP contribution in [-0.2, 0) is 0 Å². The molecule has 1 heterocycles. The van der Waals surface area contributed by atoms with E-state index in [4.69, 9.17) is 0 Å². The van der Waals surface area contributed by atoms with E-state index in [9.17, 15) is 0 Å². The molecule has 0 spiro atoms. The van der Waals surface area contributed by atoms with Crippen molar-refractivity contribution in [1.82, 2.24) is 4.67 Å². The van der Waals surface area contributed by atoms with Gasteiger partial charge in [0.15, 0.2) is 0 Å². The lowest BCUT2D eigenvalue weighted by atomic mass is 10.4. The normalized spacial score (nSPS) is 14.5. The Hall–Kier alpha value is -0.200. The number of hydrogen-bond donors (Lipinski definition) is 1. The quantitative estimate of drug-likeness (QED) is 0.368. The highest BCUT2D eigenvalue weighted by molar-refractivity contribution is 7.80. The van der Waals surface area contributed by atoms with Crippen LogP contribution in [0.5, 0.6) is 0 Å². The second kappa shape index (κ2) is 1.50. The van der Waals surface area contributed by atoms with Crippen molar-refractivity contribution < 1.29 is 0 Å². The zero-order valence-electron chi connectivity index (χ0n) is 3.39. The van der Waals surface area contributed by atoms with Crippen LogP contribution in [0.4, 0.5) is 0 Å². The minimum absolute atomic E-state index is 0.926. The van der Waals surface area contributed by atoms with Gasteiger partial charge >= 0.3 is 11.9 Å². The lowest BCUT2D eigenvalue weighted by Crippen LogP contribution is -1.84. The molecule has 0 unspecified atom stereocenters. The topological polar surface area (TPSA) is 14.1 Å². The molecule has 1 rings (SSSR count). The molecule has 0 saturated carbocycles. The van der Waals surface area contributed by atoms with E-state index in [-0.39, 0.29) is 0 Å². The van der Waals surface area contributed by atoms with Crippen LogP contribution < -0.4 is 4.67 Å². The summed E-state index contributed by atoms with van der Waals surface area (Å²) in [4.78, 5) is 0. The van der Waals surface area contributed by atoms with E-state index in [1.165, 1.54) is 5.71 Å². The summed E-state index contributed by atoms with van der Waals surface area (Å²) in [5.74, 6) is 0.926. The van der Waals surface area contributed by atoms with Crippen LogP contribution in [0, 0.1) is 0 Å². The van der Waals surface area contributed by atoms with E-state index in [1.54, 1.807) is 0 Å². The average Bonchev–Trinajstić information content (AvgIpc) is 2.21. The van der Waals surface area contributed by atoms with Crippen molar-refractivity contribution in [2.75, 3.05) is 5.75 Å². The summed E-state index contributed by atoms with van der Waals surface area (Å²) >= 11 is 4.00. The van der Waals surface area contributed by atoms with Crippen LogP contribution in [0.1, 0.15) is 6.42 Å². The van der Waals surface area contributed by atoms with E-state index >= 15 is 0 Å². The van der Waals surface area contributed by atoms with Crippen molar-refractivity contribution in [2.45, 2.75) is 6.42 Å². The first-order valence-corrected chi connectivity index (χ1v) is 2.57. The fourth-order valence-corrected chi connectivity index (χ4v) is 0.518. The highest BCUT2D eigenvalue weighted by Gasteiger charge is 2.19. The van der Waals surface area contributed by atoms with Gasteiger partial charge in [-0.25, -0.2) is 0 Å². The summed E-state index contributed by atoms with van der Waals surface area (Å²) in [6.07, 6.45) is 2.92. The average molecular weight is 100 g/mol. The van der Waals surface area contributed by atoms with Crippen molar-refractivity contribution >= 4 is 24.6 Å². The van der Waals surface area contributed by atoms with E-state index in [1.807, 2.05) is 6.21 Å². The van der Waals surface area contributed by atoms with Gasteiger partial charge in [-0.15, -0.1) is 0 Å². The van der Waals surface area contributed by atoms with E-state index in [0.717, 1.165) is 12.2 Å². The molecule has 1 aliphatic rings. The minimum atomic E-state index is 0.926. The molecule has 2 heteroatoms. The Morgan fingerprint density at radius 3 is 2.67 bits per heavy atom. The molecular formula is C4H6NS+. The largest absolute Gasteiger partial charge is 0.385 e. The van der Waals surface area contributed by atoms with Gasteiger partial charge in [0.05, 0.1) is 6.42 Å². The molecule has 0 aliphatic carbocycles. The molecular weight excluding hydrogens is 94.1 g/mol. The molecule has 0 amide bonds. The second-order valence-corrected chi connectivity index (χ2v) is 1.67. The molecule has 0 saturated heterocycles. The Labute approximate surface area is 42.2 Å². The zero-order valence-corrected chi connectivity index (χ0v) is 4.28. The van der Waals surface area contributed by atoms with E-state index in [0.29, 0.717) is 0 Å². The first kappa shape index (κ1) is 3.97. The number of nitrogens with zero attached hydrogens (tertiary/aromatic N) is 1. The highest BCUT2D eigenvalue weighted by atomic mass is 32.1. The maximum Gasteiger partial charge on any atom is 0.385 e. The molecule has 0 bridgehead atoms. The third-order valence-corrected chi connectivity index (χ3v) is 0.903. The van der Waals surface area contributed by atoms with Gasteiger partial charge in [-0.1, -0.05) is 4.67 Å². The molecule has 1 aliphatic heterocycles. The Bertz CT molecular complexity index is 111. The van der Waals surface area contributed by atoms with Crippen LogP contribution in [0.3, 0.4) is 0 Å². The van der Waals surface area contributed by atoms with E-state index < -0.39 is 0 Å². The van der Waals surface area contributed by atoms with Crippen LogP contribution in [-0.4, -0.2) is 17.7 Å². The number of thiol groups is 1. The summed E-state index contributed by atoms with van der Waals surface area (Å²) in [6, 6.07) is 0. The summed E-state index contributed by atoms with van der Waals surface area (Å²) in [5, 5.41) is 0. The smallest absolute Gasteiger partial charge is 0.179 e. The summed E-state index contributed by atoms with van der Waals surface area (Å²) in [6.45, 7) is 0. The Kier molecular flexibility index (Phi) is 0.992. The molecule has 6 heavy (non-hydrogen) atoms. The molecule has 0 fully saturated rings. The van der Waals surface area contributed by atoms with Gasteiger partial charge in [0.1, 0.15) is 0 Å². The minimum Gasteiger partial charge on any atom is -0.179 e. The van der Waals surface area contributed by atoms with Crippen molar-refractivity contribution in [3.8, 4) is 0 Å². The predicted octanol–water partition coefficient (Wildman–Crippen LogP) is -0.101. The van der Waals surface area contributed by atoms with Crippen LogP contribution in [0.15, 0.2) is 0 Å². The fourth-order valence-electron chi connectivity index (χ4n) is 0.289. The summed E-state index contributed by atoms with van der Waals surface area (Å²) in [5.41, 5.74) is 1.21. The molecule has 0 atom stereocenters. The van der Waals surface area contributed by atoms with Gasteiger partial charge in [-0.05, 0) is 0 Å². The second-order valence-electron chi connectivity index (χ2n) is 1.22. The van der Waals surface area contributed by atoms with Crippen LogP contribution >= 0.6 is 12.6 Å². The monoisotopic (exact) mass is 100 g/mol.